The Labute approximate surface area is 178 Å². The minimum absolute atomic E-state index is 0.0894. The Morgan fingerprint density at radius 3 is 2.20 bits per heavy atom. The Hall–Kier alpha value is -2.26. The standard InChI is InChI=1S/C21H22F3NO3S2/c1-3-4-14-25(30(27,28)18-12-10-16(2)11-13-18)20(26)19(15-29-21(22,23)24)17-8-6-5-7-9-17/h5-13,15H,3-4,14H2,1-2H3. The first kappa shape index (κ1) is 24.0. The van der Waals surface area contributed by atoms with Gasteiger partial charge in [-0.3, -0.25) is 4.79 Å². The van der Waals surface area contributed by atoms with Crippen molar-refractivity contribution < 1.29 is 26.4 Å². The lowest BCUT2D eigenvalue weighted by molar-refractivity contribution is -0.120. The summed E-state index contributed by atoms with van der Waals surface area (Å²) < 4.78 is 65.4. The van der Waals surface area contributed by atoms with Crippen LogP contribution in [0.25, 0.3) is 5.57 Å². The maximum atomic E-state index is 13.3. The van der Waals surface area contributed by atoms with E-state index in [2.05, 4.69) is 0 Å². The molecule has 0 saturated heterocycles. The minimum Gasteiger partial charge on any atom is -0.268 e. The summed E-state index contributed by atoms with van der Waals surface area (Å²) >= 11 is -0.490. The molecule has 1 amide bonds. The first-order valence-corrected chi connectivity index (χ1v) is 11.5. The summed E-state index contributed by atoms with van der Waals surface area (Å²) in [5.41, 5.74) is -3.89. The quantitative estimate of drug-likeness (QED) is 0.484. The second-order valence-corrected chi connectivity index (χ2v) is 9.31. The monoisotopic (exact) mass is 457 g/mol. The third-order valence-corrected chi connectivity index (χ3v) is 6.59. The zero-order valence-electron chi connectivity index (χ0n) is 16.5. The van der Waals surface area contributed by atoms with Gasteiger partial charge in [-0.2, -0.15) is 13.2 Å². The molecular formula is C21H22F3NO3S2. The van der Waals surface area contributed by atoms with E-state index in [9.17, 15) is 26.4 Å². The lowest BCUT2D eigenvalue weighted by Crippen LogP contribution is -2.38. The number of carbonyl (C=O) groups excluding carboxylic acids is 1. The van der Waals surface area contributed by atoms with Crippen LogP contribution in [0, 0.1) is 6.92 Å². The van der Waals surface area contributed by atoms with E-state index < -0.39 is 33.2 Å². The smallest absolute Gasteiger partial charge is 0.268 e. The van der Waals surface area contributed by atoms with Gasteiger partial charge >= 0.3 is 5.51 Å². The van der Waals surface area contributed by atoms with Crippen LogP contribution >= 0.6 is 11.8 Å². The molecule has 2 aromatic rings. The number of aryl methyl sites for hydroxylation is 1. The van der Waals surface area contributed by atoms with E-state index in [0.29, 0.717) is 22.6 Å². The summed E-state index contributed by atoms with van der Waals surface area (Å²) in [7, 11) is -4.24. The van der Waals surface area contributed by atoms with Crippen molar-refractivity contribution in [2.24, 2.45) is 0 Å². The predicted octanol–water partition coefficient (Wildman–Crippen LogP) is 5.61. The fraction of sp³-hybridized carbons (Fsp3) is 0.286. The summed E-state index contributed by atoms with van der Waals surface area (Å²) in [6.07, 6.45) is 0.986. The summed E-state index contributed by atoms with van der Waals surface area (Å²) in [5, 5.41) is 0.668. The van der Waals surface area contributed by atoms with Gasteiger partial charge in [0.25, 0.3) is 15.9 Å². The van der Waals surface area contributed by atoms with E-state index in [1.807, 2.05) is 6.92 Å². The fourth-order valence-corrected chi connectivity index (χ4v) is 4.50. The molecule has 0 N–H and O–H groups in total. The number of amides is 1. The van der Waals surface area contributed by atoms with Crippen LogP contribution in [0.15, 0.2) is 64.9 Å². The molecular weight excluding hydrogens is 435 g/mol. The molecule has 4 nitrogen and oxygen atoms in total. The molecule has 0 radical (unpaired) electrons. The highest BCUT2D eigenvalue weighted by atomic mass is 32.2. The Morgan fingerprint density at radius 2 is 1.67 bits per heavy atom. The number of rotatable bonds is 8. The SMILES string of the molecule is CCCCN(C(=O)C(=CSC(F)(F)F)c1ccccc1)S(=O)(=O)c1ccc(C)cc1. The Balaban J connectivity index is 2.54. The number of nitrogens with zero attached hydrogens (tertiary/aromatic N) is 1. The second kappa shape index (κ2) is 10.2. The number of hydrogen-bond acceptors (Lipinski definition) is 4. The van der Waals surface area contributed by atoms with Crippen molar-refractivity contribution in [2.75, 3.05) is 6.54 Å². The average molecular weight is 458 g/mol. The number of sulfonamides is 1. The number of carbonyl (C=O) groups is 1. The van der Waals surface area contributed by atoms with Gasteiger partial charge in [-0.25, -0.2) is 12.7 Å². The Bertz CT molecular complexity index is 986. The topological polar surface area (TPSA) is 54.5 Å². The van der Waals surface area contributed by atoms with Crippen molar-refractivity contribution in [1.82, 2.24) is 4.31 Å². The van der Waals surface area contributed by atoms with Crippen LogP contribution in [0.4, 0.5) is 13.2 Å². The molecule has 0 aliphatic carbocycles. The van der Waals surface area contributed by atoms with Gasteiger partial charge in [-0.05, 0) is 48.2 Å². The molecule has 30 heavy (non-hydrogen) atoms. The van der Waals surface area contributed by atoms with Crippen molar-refractivity contribution in [3.63, 3.8) is 0 Å². The van der Waals surface area contributed by atoms with Crippen molar-refractivity contribution in [2.45, 2.75) is 37.1 Å². The van der Waals surface area contributed by atoms with Gasteiger partial charge in [-0.1, -0.05) is 61.4 Å². The molecule has 9 heteroatoms. The van der Waals surface area contributed by atoms with Gasteiger partial charge in [-0.15, -0.1) is 0 Å². The zero-order valence-corrected chi connectivity index (χ0v) is 18.2. The van der Waals surface area contributed by atoms with Gasteiger partial charge in [0.05, 0.1) is 10.5 Å². The van der Waals surface area contributed by atoms with Crippen molar-refractivity contribution in [3.8, 4) is 0 Å². The molecule has 0 unspecified atom stereocenters. The van der Waals surface area contributed by atoms with E-state index >= 15 is 0 Å². The summed E-state index contributed by atoms with van der Waals surface area (Å²) in [5.74, 6) is -0.994. The molecule has 0 bridgehead atoms. The van der Waals surface area contributed by atoms with Crippen LogP contribution in [0.5, 0.6) is 0 Å². The third kappa shape index (κ3) is 6.37. The van der Waals surface area contributed by atoms with Crippen LogP contribution in [0.2, 0.25) is 0 Å². The van der Waals surface area contributed by atoms with Gasteiger partial charge in [0.1, 0.15) is 0 Å². The van der Waals surface area contributed by atoms with Gasteiger partial charge in [0.2, 0.25) is 0 Å². The molecule has 2 rings (SSSR count). The third-order valence-electron chi connectivity index (χ3n) is 4.18. The fourth-order valence-electron chi connectivity index (χ4n) is 2.59. The highest BCUT2D eigenvalue weighted by molar-refractivity contribution is 8.03. The van der Waals surface area contributed by atoms with Gasteiger partial charge in [0, 0.05) is 6.54 Å². The Morgan fingerprint density at radius 1 is 1.07 bits per heavy atom. The lowest BCUT2D eigenvalue weighted by Gasteiger charge is -2.24. The van der Waals surface area contributed by atoms with Crippen LogP contribution in [-0.2, 0) is 14.8 Å². The van der Waals surface area contributed by atoms with E-state index in [1.54, 1.807) is 37.3 Å². The molecule has 0 saturated carbocycles. The summed E-state index contributed by atoms with van der Waals surface area (Å²) in [6, 6.07) is 13.7. The Kier molecular flexibility index (Phi) is 8.14. The van der Waals surface area contributed by atoms with Crippen molar-refractivity contribution in [3.05, 3.63) is 71.1 Å². The number of alkyl halides is 3. The van der Waals surface area contributed by atoms with E-state index in [1.165, 1.54) is 24.3 Å². The number of thioether (sulfide) groups is 1. The zero-order chi connectivity index (χ0) is 22.4. The minimum atomic E-state index is -4.61. The second-order valence-electron chi connectivity index (χ2n) is 6.51. The van der Waals surface area contributed by atoms with Crippen LogP contribution in [0.1, 0.15) is 30.9 Å². The first-order chi connectivity index (χ1) is 14.1. The highest BCUT2D eigenvalue weighted by Crippen LogP contribution is 2.35. The summed E-state index contributed by atoms with van der Waals surface area (Å²) in [4.78, 5) is 13.2. The van der Waals surface area contributed by atoms with E-state index in [0.717, 1.165) is 5.56 Å². The molecule has 162 valence electrons. The highest BCUT2D eigenvalue weighted by Gasteiger charge is 2.33. The van der Waals surface area contributed by atoms with E-state index in [4.69, 9.17) is 0 Å². The maximum Gasteiger partial charge on any atom is 0.445 e. The maximum absolute atomic E-state index is 13.3. The number of hydrogen-bond donors (Lipinski definition) is 0. The number of halogens is 3. The normalized spacial score (nSPS) is 12.6. The van der Waals surface area contributed by atoms with Gasteiger partial charge < -0.3 is 0 Å². The molecule has 0 atom stereocenters. The van der Waals surface area contributed by atoms with Crippen molar-refractivity contribution >= 4 is 33.3 Å². The molecule has 0 heterocycles. The van der Waals surface area contributed by atoms with Crippen molar-refractivity contribution in [1.29, 1.82) is 0 Å². The van der Waals surface area contributed by atoms with Crippen LogP contribution in [0.3, 0.4) is 0 Å². The number of unbranched alkanes of at least 4 members (excludes halogenated alkanes) is 1. The van der Waals surface area contributed by atoms with E-state index in [-0.39, 0.29) is 22.6 Å². The molecule has 0 aromatic heterocycles. The van der Waals surface area contributed by atoms with Gasteiger partial charge in [0.15, 0.2) is 0 Å². The number of benzene rings is 2. The summed E-state index contributed by atoms with van der Waals surface area (Å²) in [6.45, 7) is 3.49. The molecule has 0 spiro atoms. The predicted molar refractivity (Wildman–Crippen MR) is 113 cm³/mol. The average Bonchev–Trinajstić information content (AvgIpc) is 2.68. The molecule has 2 aromatic carbocycles. The first-order valence-electron chi connectivity index (χ1n) is 9.20. The van der Waals surface area contributed by atoms with Crippen LogP contribution < -0.4 is 0 Å². The van der Waals surface area contributed by atoms with Crippen LogP contribution in [-0.4, -0.2) is 30.7 Å². The lowest BCUT2D eigenvalue weighted by atomic mass is 10.1. The molecule has 0 aliphatic rings. The molecule has 0 aliphatic heterocycles. The largest absolute Gasteiger partial charge is 0.445 e. The molecule has 0 fully saturated rings.